The lowest BCUT2D eigenvalue weighted by Crippen LogP contribution is -2.08. The lowest BCUT2D eigenvalue weighted by Gasteiger charge is -2.05. The van der Waals surface area contributed by atoms with E-state index in [0.717, 1.165) is 6.07 Å². The van der Waals surface area contributed by atoms with Crippen LogP contribution in [-0.2, 0) is 0 Å². The third-order valence-electron chi connectivity index (χ3n) is 2.21. The van der Waals surface area contributed by atoms with Crippen LogP contribution in [0.3, 0.4) is 0 Å². The molecule has 0 aliphatic carbocycles. The van der Waals surface area contributed by atoms with Gasteiger partial charge in [0, 0.05) is 5.56 Å². The monoisotopic (exact) mass is 267 g/mol. The molecule has 1 aromatic carbocycles. The molecule has 3 N–H and O–H groups in total. The largest absolute Gasteiger partial charge is 0.476 e. The predicted octanol–water partition coefficient (Wildman–Crippen LogP) is 2.22. The molecule has 18 heavy (non-hydrogen) atoms. The molecule has 92 valence electrons. The summed E-state index contributed by atoms with van der Waals surface area (Å²) in [5.41, 5.74) is 5.38. The molecule has 0 amide bonds. The summed E-state index contributed by atoms with van der Waals surface area (Å²) in [6.45, 7) is 0. The average Bonchev–Trinajstić information content (AvgIpc) is 2.33. The molecule has 2 rings (SSSR count). The zero-order valence-corrected chi connectivity index (χ0v) is 9.65. The Morgan fingerprint density at radius 3 is 2.83 bits per heavy atom. The molecule has 2 aromatic rings. The predicted molar refractivity (Wildman–Crippen MR) is 63.8 cm³/mol. The number of aromatic carboxylic acids is 1. The number of carboxylic acids is 1. The topological polar surface area (TPSA) is 89.1 Å². The molecule has 0 saturated heterocycles. The van der Waals surface area contributed by atoms with Crippen molar-refractivity contribution in [1.29, 1.82) is 0 Å². The Labute approximate surface area is 106 Å². The minimum absolute atomic E-state index is 0.145. The van der Waals surface area contributed by atoms with Gasteiger partial charge in [-0.3, -0.25) is 0 Å². The first-order valence-electron chi connectivity index (χ1n) is 4.80. The van der Waals surface area contributed by atoms with Crippen LogP contribution in [0.15, 0.2) is 24.4 Å². The lowest BCUT2D eigenvalue weighted by molar-refractivity contribution is 0.0691. The fraction of sp³-hybridized carbons (Fsp3) is 0. The van der Waals surface area contributed by atoms with Crippen LogP contribution in [0.4, 0.5) is 10.2 Å². The van der Waals surface area contributed by atoms with E-state index in [2.05, 4.69) is 9.97 Å². The second-order valence-corrected chi connectivity index (χ2v) is 3.83. The molecular formula is C11H7ClFN3O2. The smallest absolute Gasteiger partial charge is 0.358 e. The van der Waals surface area contributed by atoms with E-state index in [9.17, 15) is 9.18 Å². The first-order chi connectivity index (χ1) is 8.49. The molecule has 0 atom stereocenters. The number of benzene rings is 1. The van der Waals surface area contributed by atoms with Gasteiger partial charge >= 0.3 is 5.97 Å². The molecule has 1 aromatic heterocycles. The number of anilines is 1. The second kappa shape index (κ2) is 4.58. The third kappa shape index (κ3) is 2.23. The van der Waals surface area contributed by atoms with Crippen LogP contribution in [-0.4, -0.2) is 21.0 Å². The summed E-state index contributed by atoms with van der Waals surface area (Å²) in [6.07, 6.45) is 1.24. The summed E-state index contributed by atoms with van der Waals surface area (Å²) in [5.74, 6) is -2.03. The number of nitrogen functional groups attached to an aromatic ring is 1. The number of halogens is 2. The summed E-state index contributed by atoms with van der Waals surface area (Å²) in [5, 5.41) is 9.11. The van der Waals surface area contributed by atoms with Crippen molar-refractivity contribution in [3.8, 4) is 11.3 Å². The lowest BCUT2D eigenvalue weighted by atomic mass is 10.1. The van der Waals surface area contributed by atoms with Crippen LogP contribution >= 0.6 is 11.6 Å². The van der Waals surface area contributed by atoms with Gasteiger partial charge in [-0.05, 0) is 18.2 Å². The van der Waals surface area contributed by atoms with E-state index >= 15 is 0 Å². The number of carbonyl (C=O) groups is 1. The number of nitrogens with two attached hydrogens (primary N) is 1. The molecule has 1 heterocycles. The highest BCUT2D eigenvalue weighted by Gasteiger charge is 2.14. The number of aromatic nitrogens is 2. The van der Waals surface area contributed by atoms with Gasteiger partial charge in [0.25, 0.3) is 0 Å². The van der Waals surface area contributed by atoms with Crippen molar-refractivity contribution in [2.24, 2.45) is 0 Å². The summed E-state index contributed by atoms with van der Waals surface area (Å²) >= 11 is 5.89. The Kier molecular flexibility index (Phi) is 3.12. The maximum absolute atomic E-state index is 13.1. The second-order valence-electron chi connectivity index (χ2n) is 3.42. The summed E-state index contributed by atoms with van der Waals surface area (Å²) in [6, 6.07) is 3.69. The Hall–Kier alpha value is -2.21. The van der Waals surface area contributed by atoms with Crippen molar-refractivity contribution in [2.45, 2.75) is 0 Å². The fourth-order valence-corrected chi connectivity index (χ4v) is 1.59. The van der Waals surface area contributed by atoms with E-state index < -0.39 is 17.5 Å². The quantitative estimate of drug-likeness (QED) is 0.871. The Morgan fingerprint density at radius 2 is 2.17 bits per heavy atom. The highest BCUT2D eigenvalue weighted by Crippen LogP contribution is 2.27. The maximum Gasteiger partial charge on any atom is 0.358 e. The summed E-state index contributed by atoms with van der Waals surface area (Å²) in [4.78, 5) is 18.4. The number of hydrogen-bond acceptors (Lipinski definition) is 4. The normalized spacial score (nSPS) is 10.3. The van der Waals surface area contributed by atoms with Crippen molar-refractivity contribution < 1.29 is 14.3 Å². The van der Waals surface area contributed by atoms with Crippen LogP contribution in [0.25, 0.3) is 11.3 Å². The Morgan fingerprint density at radius 1 is 1.44 bits per heavy atom. The van der Waals surface area contributed by atoms with E-state index in [1.165, 1.54) is 18.3 Å². The molecule has 0 unspecified atom stereocenters. The minimum atomic E-state index is -1.31. The van der Waals surface area contributed by atoms with Crippen molar-refractivity contribution in [2.75, 3.05) is 5.73 Å². The van der Waals surface area contributed by atoms with Crippen LogP contribution in [0.1, 0.15) is 10.5 Å². The van der Waals surface area contributed by atoms with Crippen LogP contribution in [0.5, 0.6) is 0 Å². The van der Waals surface area contributed by atoms with E-state index in [1.807, 2.05) is 0 Å². The number of rotatable bonds is 2. The molecule has 0 bridgehead atoms. The molecule has 0 aliphatic rings. The van der Waals surface area contributed by atoms with Gasteiger partial charge < -0.3 is 10.8 Å². The van der Waals surface area contributed by atoms with Gasteiger partial charge in [0.2, 0.25) is 0 Å². The summed E-state index contributed by atoms with van der Waals surface area (Å²) in [7, 11) is 0. The highest BCUT2D eigenvalue weighted by molar-refractivity contribution is 6.33. The number of hydrogen-bond donors (Lipinski definition) is 2. The van der Waals surface area contributed by atoms with Gasteiger partial charge in [-0.15, -0.1) is 0 Å². The zero-order valence-electron chi connectivity index (χ0n) is 8.89. The number of nitrogens with zero attached hydrogens (tertiary/aromatic N) is 2. The fourth-order valence-electron chi connectivity index (χ4n) is 1.38. The minimum Gasteiger partial charge on any atom is -0.476 e. The van der Waals surface area contributed by atoms with Crippen LogP contribution in [0.2, 0.25) is 5.02 Å². The van der Waals surface area contributed by atoms with Gasteiger partial charge in [-0.1, -0.05) is 11.6 Å². The van der Waals surface area contributed by atoms with Gasteiger partial charge in [0.1, 0.15) is 5.82 Å². The zero-order chi connectivity index (χ0) is 13.3. The average molecular weight is 268 g/mol. The van der Waals surface area contributed by atoms with Crippen molar-refractivity contribution in [3.63, 3.8) is 0 Å². The van der Waals surface area contributed by atoms with Gasteiger partial charge in [-0.25, -0.2) is 19.2 Å². The van der Waals surface area contributed by atoms with Crippen molar-refractivity contribution in [3.05, 3.63) is 40.9 Å². The highest BCUT2D eigenvalue weighted by atomic mass is 35.5. The first kappa shape index (κ1) is 12.3. The third-order valence-corrected chi connectivity index (χ3v) is 2.54. The SMILES string of the molecule is Nc1ncc(-c2cc(F)ccc2Cl)nc1C(=O)O. The van der Waals surface area contributed by atoms with Crippen LogP contribution in [0, 0.1) is 5.82 Å². The molecular weight excluding hydrogens is 261 g/mol. The number of carboxylic acid groups (broad SMARTS) is 1. The van der Waals surface area contributed by atoms with Gasteiger partial charge in [-0.2, -0.15) is 0 Å². The molecule has 5 nitrogen and oxygen atoms in total. The Bertz CT molecular complexity index is 634. The standard InChI is InChI=1S/C11H7ClFN3O2/c12-7-2-1-5(13)3-6(7)8-4-15-10(14)9(16-8)11(17)18/h1-4H,(H2,14,15)(H,17,18). The molecule has 0 fully saturated rings. The summed E-state index contributed by atoms with van der Waals surface area (Å²) < 4.78 is 13.1. The van der Waals surface area contributed by atoms with E-state index in [0.29, 0.717) is 0 Å². The van der Waals surface area contributed by atoms with Crippen molar-refractivity contribution in [1.82, 2.24) is 9.97 Å². The molecule has 0 saturated carbocycles. The van der Waals surface area contributed by atoms with Gasteiger partial charge in [0.15, 0.2) is 11.5 Å². The molecule has 0 spiro atoms. The van der Waals surface area contributed by atoms with E-state index in [1.54, 1.807) is 0 Å². The maximum atomic E-state index is 13.1. The molecule has 7 heteroatoms. The first-order valence-corrected chi connectivity index (χ1v) is 5.18. The Balaban J connectivity index is 2.61. The van der Waals surface area contributed by atoms with E-state index in [4.69, 9.17) is 22.4 Å². The molecule has 0 radical (unpaired) electrons. The molecule has 0 aliphatic heterocycles. The van der Waals surface area contributed by atoms with E-state index in [-0.39, 0.29) is 22.1 Å². The van der Waals surface area contributed by atoms with Crippen LogP contribution < -0.4 is 5.73 Å². The van der Waals surface area contributed by atoms with Gasteiger partial charge in [0.05, 0.1) is 16.9 Å². The van der Waals surface area contributed by atoms with Crippen molar-refractivity contribution >= 4 is 23.4 Å².